The molecule has 17 heavy (non-hydrogen) atoms. The van der Waals surface area contributed by atoms with Gasteiger partial charge in [0.25, 0.3) is 0 Å². The van der Waals surface area contributed by atoms with Crippen LogP contribution in [0, 0.1) is 0 Å². The molecule has 2 heterocycles. The molecule has 3 aliphatic rings. The second kappa shape index (κ2) is 3.42. The molecule has 0 amide bonds. The van der Waals surface area contributed by atoms with E-state index in [1.54, 1.807) is 0 Å². The molecule has 5 nitrogen and oxygen atoms in total. The van der Waals surface area contributed by atoms with Crippen molar-refractivity contribution in [2.45, 2.75) is 76.2 Å². The van der Waals surface area contributed by atoms with Crippen LogP contribution in [-0.2, 0) is 18.9 Å². The average molecular weight is 244 g/mol. The first kappa shape index (κ1) is 11.9. The Morgan fingerprint density at radius 1 is 0.824 bits per heavy atom. The van der Waals surface area contributed by atoms with Crippen LogP contribution in [0.4, 0.5) is 0 Å². The van der Waals surface area contributed by atoms with E-state index in [0.29, 0.717) is 6.42 Å². The summed E-state index contributed by atoms with van der Waals surface area (Å²) in [5.74, 6) is -1.28. The van der Waals surface area contributed by atoms with E-state index in [4.69, 9.17) is 18.9 Å². The third-order valence-corrected chi connectivity index (χ3v) is 3.56. The van der Waals surface area contributed by atoms with Gasteiger partial charge in [-0.05, 0) is 27.7 Å². The van der Waals surface area contributed by atoms with Gasteiger partial charge in [0.15, 0.2) is 11.6 Å². The fraction of sp³-hybridized carbons (Fsp3) is 1.00. The van der Waals surface area contributed by atoms with E-state index in [9.17, 15) is 5.11 Å². The number of aliphatic hydroxyl groups excluding tert-OH is 1. The molecule has 1 aliphatic carbocycles. The van der Waals surface area contributed by atoms with Crippen molar-refractivity contribution in [1.29, 1.82) is 0 Å². The summed E-state index contributed by atoms with van der Waals surface area (Å²) in [4.78, 5) is 0. The van der Waals surface area contributed by atoms with Crippen LogP contribution < -0.4 is 0 Å². The Hall–Kier alpha value is -0.200. The van der Waals surface area contributed by atoms with E-state index < -0.39 is 17.7 Å². The van der Waals surface area contributed by atoms with Gasteiger partial charge < -0.3 is 24.1 Å². The van der Waals surface area contributed by atoms with Crippen LogP contribution in [0.1, 0.15) is 34.1 Å². The number of hydrogen-bond acceptors (Lipinski definition) is 5. The van der Waals surface area contributed by atoms with E-state index in [1.165, 1.54) is 0 Å². The largest absolute Gasteiger partial charge is 0.390 e. The molecule has 0 radical (unpaired) electrons. The zero-order valence-corrected chi connectivity index (χ0v) is 10.7. The standard InChI is InChI=1S/C12H20O5/c1-11(2)14-7-5-6(13)8-10(9(7)16-11)17-12(3,4)15-8/h6-10,13H,5H2,1-4H3/t6-,7-,8+,9+,10+/m0/s1. The molecule has 1 N–H and O–H groups in total. The van der Waals surface area contributed by atoms with Crippen LogP contribution in [-0.4, -0.2) is 47.2 Å². The highest BCUT2D eigenvalue weighted by molar-refractivity contribution is 5.03. The molecule has 0 aromatic rings. The molecule has 98 valence electrons. The molecule has 5 atom stereocenters. The van der Waals surface area contributed by atoms with Crippen molar-refractivity contribution < 1.29 is 24.1 Å². The van der Waals surface area contributed by atoms with Gasteiger partial charge in [-0.1, -0.05) is 0 Å². The van der Waals surface area contributed by atoms with Gasteiger partial charge in [-0.15, -0.1) is 0 Å². The van der Waals surface area contributed by atoms with E-state index in [-0.39, 0.29) is 24.4 Å². The Bertz CT molecular complexity index is 327. The maximum Gasteiger partial charge on any atom is 0.164 e. The second-order valence-corrected chi connectivity index (χ2v) is 6.01. The first-order chi connectivity index (χ1) is 7.77. The van der Waals surface area contributed by atoms with Crippen LogP contribution in [0.2, 0.25) is 0 Å². The molecule has 5 heteroatoms. The third kappa shape index (κ3) is 1.90. The smallest absolute Gasteiger partial charge is 0.164 e. The number of aliphatic hydroxyl groups is 1. The summed E-state index contributed by atoms with van der Waals surface area (Å²) in [7, 11) is 0. The lowest BCUT2D eigenvalue weighted by molar-refractivity contribution is -0.177. The molecule has 3 rings (SSSR count). The monoisotopic (exact) mass is 244 g/mol. The van der Waals surface area contributed by atoms with Crippen molar-refractivity contribution in [3.63, 3.8) is 0 Å². The van der Waals surface area contributed by atoms with Crippen LogP contribution in [0.5, 0.6) is 0 Å². The van der Waals surface area contributed by atoms with Crippen molar-refractivity contribution in [3.8, 4) is 0 Å². The Morgan fingerprint density at radius 3 is 2.06 bits per heavy atom. The van der Waals surface area contributed by atoms with Gasteiger partial charge in [-0.25, -0.2) is 0 Å². The Morgan fingerprint density at radius 2 is 1.35 bits per heavy atom. The summed E-state index contributed by atoms with van der Waals surface area (Å²) in [5, 5.41) is 10.1. The predicted molar refractivity (Wildman–Crippen MR) is 58.3 cm³/mol. The van der Waals surface area contributed by atoms with E-state index in [2.05, 4.69) is 0 Å². The van der Waals surface area contributed by atoms with Crippen molar-refractivity contribution in [3.05, 3.63) is 0 Å². The molecule has 0 aromatic carbocycles. The van der Waals surface area contributed by atoms with Gasteiger partial charge >= 0.3 is 0 Å². The normalized spacial score (nSPS) is 51.0. The highest BCUT2D eigenvalue weighted by atomic mass is 16.8. The van der Waals surface area contributed by atoms with Crippen molar-refractivity contribution in [2.75, 3.05) is 0 Å². The van der Waals surface area contributed by atoms with Gasteiger partial charge in [0, 0.05) is 6.42 Å². The Kier molecular flexibility index (Phi) is 2.39. The fourth-order valence-corrected chi connectivity index (χ4v) is 3.06. The molecule has 0 spiro atoms. The Labute approximate surface area is 101 Å². The number of fused-ring (bicyclic) bond motifs is 3. The minimum atomic E-state index is -0.665. The van der Waals surface area contributed by atoms with E-state index in [1.807, 2.05) is 27.7 Å². The van der Waals surface area contributed by atoms with E-state index in [0.717, 1.165) is 0 Å². The lowest BCUT2D eigenvalue weighted by Gasteiger charge is -2.34. The molecule has 0 bridgehead atoms. The molecule has 1 saturated carbocycles. The van der Waals surface area contributed by atoms with Crippen molar-refractivity contribution in [2.24, 2.45) is 0 Å². The topological polar surface area (TPSA) is 57.2 Å². The maximum absolute atomic E-state index is 10.1. The molecular formula is C12H20O5. The quantitative estimate of drug-likeness (QED) is 0.682. The van der Waals surface area contributed by atoms with Gasteiger partial charge in [-0.3, -0.25) is 0 Å². The van der Waals surface area contributed by atoms with Crippen LogP contribution >= 0.6 is 0 Å². The van der Waals surface area contributed by atoms with Crippen LogP contribution in [0.15, 0.2) is 0 Å². The summed E-state index contributed by atoms with van der Waals surface area (Å²) in [6, 6.07) is 0. The Balaban J connectivity index is 1.86. The molecule has 3 fully saturated rings. The van der Waals surface area contributed by atoms with Crippen LogP contribution in [0.25, 0.3) is 0 Å². The first-order valence-electron chi connectivity index (χ1n) is 6.17. The zero-order chi connectivity index (χ0) is 12.4. The zero-order valence-electron chi connectivity index (χ0n) is 10.7. The number of hydrogen-bond donors (Lipinski definition) is 1. The summed E-state index contributed by atoms with van der Waals surface area (Å²) < 4.78 is 23.2. The highest BCUT2D eigenvalue weighted by Crippen LogP contribution is 2.44. The highest BCUT2D eigenvalue weighted by Gasteiger charge is 2.59. The number of rotatable bonds is 0. The SMILES string of the molecule is CC1(C)O[C@H]2[C@@H]3OC(C)(C)O[C@H]3C[C@H](O)[C@H]2O1. The van der Waals surface area contributed by atoms with Crippen molar-refractivity contribution in [1.82, 2.24) is 0 Å². The van der Waals surface area contributed by atoms with Gasteiger partial charge in [0.2, 0.25) is 0 Å². The first-order valence-corrected chi connectivity index (χ1v) is 6.17. The summed E-state index contributed by atoms with van der Waals surface area (Å²) in [6.07, 6.45) is -0.849. The lowest BCUT2D eigenvalue weighted by Crippen LogP contribution is -2.53. The third-order valence-electron chi connectivity index (χ3n) is 3.56. The lowest BCUT2D eigenvalue weighted by atomic mass is 9.87. The summed E-state index contributed by atoms with van der Waals surface area (Å²) in [5.41, 5.74) is 0. The van der Waals surface area contributed by atoms with Crippen LogP contribution in [0.3, 0.4) is 0 Å². The molecule has 0 aromatic heterocycles. The molecule has 0 unspecified atom stereocenters. The van der Waals surface area contributed by atoms with Gasteiger partial charge in [0.1, 0.15) is 18.3 Å². The van der Waals surface area contributed by atoms with Gasteiger partial charge in [-0.2, -0.15) is 0 Å². The predicted octanol–water partition coefficient (Wildman–Crippen LogP) is 0.791. The summed E-state index contributed by atoms with van der Waals surface area (Å²) in [6.45, 7) is 7.48. The van der Waals surface area contributed by atoms with Gasteiger partial charge in [0.05, 0.1) is 12.2 Å². The molecule has 2 aliphatic heterocycles. The van der Waals surface area contributed by atoms with E-state index >= 15 is 0 Å². The minimum Gasteiger partial charge on any atom is -0.390 e. The molecule has 2 saturated heterocycles. The van der Waals surface area contributed by atoms with Crippen molar-refractivity contribution >= 4 is 0 Å². The maximum atomic E-state index is 10.1. The fourth-order valence-electron chi connectivity index (χ4n) is 3.06. The second-order valence-electron chi connectivity index (χ2n) is 6.01. The molecular weight excluding hydrogens is 224 g/mol. The average Bonchev–Trinajstić information content (AvgIpc) is 2.62. The minimum absolute atomic E-state index is 0.112. The number of ether oxygens (including phenoxy) is 4. The summed E-state index contributed by atoms with van der Waals surface area (Å²) >= 11 is 0.